The van der Waals surface area contributed by atoms with Crippen molar-refractivity contribution in [2.24, 2.45) is 58.2 Å². The predicted octanol–water partition coefficient (Wildman–Crippen LogP) is 4.19. The second-order valence-corrected chi connectivity index (χ2v) is 13.9. The maximum absolute atomic E-state index is 14.4. The summed E-state index contributed by atoms with van der Waals surface area (Å²) in [6.07, 6.45) is 5.97. The number of fused-ring (bicyclic) bond motifs is 10. The lowest BCUT2D eigenvalue weighted by Gasteiger charge is -2.63. The summed E-state index contributed by atoms with van der Waals surface area (Å²) in [7, 11) is 0. The molecule has 0 spiro atoms. The van der Waals surface area contributed by atoms with Crippen LogP contribution in [0.15, 0.2) is 0 Å². The van der Waals surface area contributed by atoms with Crippen molar-refractivity contribution in [3.8, 4) is 0 Å². The zero-order chi connectivity index (χ0) is 23.5. The highest BCUT2D eigenvalue weighted by Crippen LogP contribution is 2.72. The largest absolute Gasteiger partial charge is 0.393 e. The van der Waals surface area contributed by atoms with Crippen molar-refractivity contribution in [1.82, 2.24) is 0 Å². The third kappa shape index (κ3) is 2.89. The molecule has 0 radical (unpaired) electrons. The lowest BCUT2D eigenvalue weighted by atomic mass is 9.43. The van der Waals surface area contributed by atoms with Crippen LogP contribution in [0, 0.1) is 58.2 Å². The van der Waals surface area contributed by atoms with Gasteiger partial charge < -0.3 is 19.7 Å². The Morgan fingerprint density at radius 2 is 1.73 bits per heavy atom. The summed E-state index contributed by atoms with van der Waals surface area (Å²) < 4.78 is 12.5. The molecule has 5 saturated carbocycles. The van der Waals surface area contributed by atoms with Crippen molar-refractivity contribution in [1.29, 1.82) is 0 Å². The average molecular weight is 461 g/mol. The zero-order valence-corrected chi connectivity index (χ0v) is 21.1. The fourth-order valence-corrected chi connectivity index (χ4v) is 11.0. The molecule has 0 amide bonds. The van der Waals surface area contributed by atoms with Gasteiger partial charge in [0.05, 0.1) is 29.8 Å². The molecule has 1 saturated heterocycles. The fourth-order valence-electron chi connectivity index (χ4n) is 11.0. The van der Waals surface area contributed by atoms with Crippen LogP contribution in [-0.2, 0) is 14.3 Å². The van der Waals surface area contributed by atoms with Crippen LogP contribution in [0.25, 0.3) is 0 Å². The van der Waals surface area contributed by atoms with Gasteiger partial charge in [0.25, 0.3) is 0 Å². The van der Waals surface area contributed by atoms with Crippen LogP contribution in [0.5, 0.6) is 0 Å². The molecule has 1 aliphatic heterocycles. The quantitative estimate of drug-likeness (QED) is 0.646. The second-order valence-electron chi connectivity index (χ2n) is 13.9. The Morgan fingerprint density at radius 3 is 2.45 bits per heavy atom. The number of ketones is 1. The van der Waals surface area contributed by atoms with Gasteiger partial charge in [-0.25, -0.2) is 0 Å². The highest BCUT2D eigenvalue weighted by Gasteiger charge is 2.74. The third-order valence-corrected chi connectivity index (χ3v) is 11.8. The Morgan fingerprint density at radius 1 is 1.03 bits per heavy atom. The van der Waals surface area contributed by atoms with Gasteiger partial charge in [0.1, 0.15) is 12.6 Å². The van der Waals surface area contributed by atoms with Crippen molar-refractivity contribution in [2.75, 3.05) is 6.79 Å². The molecule has 1 heterocycles. The Labute approximate surface area is 199 Å². The van der Waals surface area contributed by atoms with Crippen LogP contribution in [0.2, 0.25) is 0 Å². The summed E-state index contributed by atoms with van der Waals surface area (Å²) >= 11 is 0. The van der Waals surface area contributed by atoms with Crippen LogP contribution >= 0.6 is 0 Å². The molecular weight excluding hydrogens is 416 g/mol. The zero-order valence-electron chi connectivity index (χ0n) is 21.1. The van der Waals surface area contributed by atoms with Crippen molar-refractivity contribution in [2.45, 2.75) is 103 Å². The number of Topliss-reactive ketones (excluding diaryl/α,β-unsaturated/α-hetero) is 1. The summed E-state index contributed by atoms with van der Waals surface area (Å²) in [6.45, 7) is 11.7. The predicted molar refractivity (Wildman–Crippen MR) is 124 cm³/mol. The molecule has 5 nitrogen and oxygen atoms in total. The number of rotatable bonds is 2. The van der Waals surface area contributed by atoms with Crippen LogP contribution < -0.4 is 0 Å². The number of hydrogen-bond acceptors (Lipinski definition) is 5. The van der Waals surface area contributed by atoms with Crippen molar-refractivity contribution in [3.05, 3.63) is 0 Å². The van der Waals surface area contributed by atoms with Crippen molar-refractivity contribution >= 4 is 5.78 Å². The van der Waals surface area contributed by atoms with Gasteiger partial charge in [0, 0.05) is 11.8 Å². The summed E-state index contributed by atoms with van der Waals surface area (Å²) in [5.74, 6) is 1.94. The molecule has 6 rings (SSSR count). The van der Waals surface area contributed by atoms with E-state index in [0.29, 0.717) is 42.7 Å². The van der Waals surface area contributed by atoms with Gasteiger partial charge in [-0.1, -0.05) is 34.6 Å². The first-order chi connectivity index (χ1) is 15.5. The third-order valence-electron chi connectivity index (χ3n) is 11.8. The molecule has 0 aromatic heterocycles. The minimum Gasteiger partial charge on any atom is -0.393 e. The lowest BCUT2D eigenvalue weighted by Crippen LogP contribution is -2.64. The molecule has 0 aromatic carbocycles. The second kappa shape index (κ2) is 7.27. The van der Waals surface area contributed by atoms with E-state index in [1.54, 1.807) is 0 Å². The van der Waals surface area contributed by atoms with E-state index in [9.17, 15) is 15.0 Å². The molecule has 186 valence electrons. The smallest absolute Gasteiger partial charge is 0.147 e. The van der Waals surface area contributed by atoms with E-state index in [-0.39, 0.29) is 52.8 Å². The van der Waals surface area contributed by atoms with Crippen molar-refractivity contribution in [3.63, 3.8) is 0 Å². The standard InChI is InChI=1S/C28H44O5/c1-14(2)11-28(31)12-15(3)20-22(28)23(30)21-19-17(7-9-27(20,21)5)26(4)8-6-16(29)10-18(26)24-25(19)33-13-32-24/h14-22,24-25,29,31H,6-13H2,1-5H3/t15-,16-,17+,18-,19-,20+,21+,22-,24-,25-,26-,27-,28-/m1/s1. The Balaban J connectivity index is 1.43. The first-order valence-corrected chi connectivity index (χ1v) is 13.7. The number of aliphatic hydroxyl groups is 2. The minimum absolute atomic E-state index is 0.0197. The van der Waals surface area contributed by atoms with E-state index in [2.05, 4.69) is 34.6 Å². The highest BCUT2D eigenvalue weighted by molar-refractivity contribution is 5.89. The van der Waals surface area contributed by atoms with Gasteiger partial charge in [0.2, 0.25) is 0 Å². The number of carbonyl (C=O) groups excluding carboxylic acids is 1. The van der Waals surface area contributed by atoms with E-state index in [1.165, 1.54) is 0 Å². The fraction of sp³-hybridized carbons (Fsp3) is 0.964. The normalized spacial score (nSPS) is 59.7. The summed E-state index contributed by atoms with van der Waals surface area (Å²) in [5, 5.41) is 22.4. The van der Waals surface area contributed by atoms with E-state index in [1.807, 2.05) is 0 Å². The van der Waals surface area contributed by atoms with Crippen molar-refractivity contribution < 1.29 is 24.5 Å². The molecule has 5 heteroatoms. The Hall–Kier alpha value is -0.490. The van der Waals surface area contributed by atoms with E-state index in [4.69, 9.17) is 9.47 Å². The number of carbonyl (C=O) groups is 1. The first kappa shape index (κ1) is 22.9. The monoisotopic (exact) mass is 460 g/mol. The summed E-state index contributed by atoms with van der Waals surface area (Å²) in [4.78, 5) is 14.4. The van der Waals surface area contributed by atoms with E-state index >= 15 is 0 Å². The average Bonchev–Trinajstić information content (AvgIpc) is 3.36. The molecule has 0 aromatic rings. The molecule has 5 aliphatic carbocycles. The van der Waals surface area contributed by atoms with E-state index < -0.39 is 5.60 Å². The van der Waals surface area contributed by atoms with Gasteiger partial charge >= 0.3 is 0 Å². The molecule has 33 heavy (non-hydrogen) atoms. The highest BCUT2D eigenvalue weighted by atomic mass is 16.7. The molecule has 2 N–H and O–H groups in total. The van der Waals surface area contributed by atoms with Crippen LogP contribution in [0.4, 0.5) is 0 Å². The number of aliphatic hydroxyl groups excluding tert-OH is 1. The number of hydrogen-bond donors (Lipinski definition) is 2. The molecule has 13 atom stereocenters. The maximum atomic E-state index is 14.4. The van der Waals surface area contributed by atoms with Crippen LogP contribution in [-0.4, -0.2) is 46.7 Å². The SMILES string of the molecule is CC(C)C[C@@]1(O)C[C@@H](C)[C@H]2[C@@H]1C(=O)[C@@H]1[C@@H]3[C@H]4OCO[C@@H]4[C@H]4C[C@H](O)CC[C@]4(C)[C@H]3CC[C@]21C. The Kier molecular flexibility index (Phi) is 5.06. The molecule has 6 aliphatic rings. The lowest BCUT2D eigenvalue weighted by molar-refractivity contribution is -0.191. The minimum atomic E-state index is -0.867. The molecule has 6 fully saturated rings. The van der Waals surface area contributed by atoms with Crippen LogP contribution in [0.3, 0.4) is 0 Å². The first-order valence-electron chi connectivity index (χ1n) is 13.7. The van der Waals surface area contributed by atoms with E-state index in [0.717, 1.165) is 38.5 Å². The molecule has 0 unspecified atom stereocenters. The van der Waals surface area contributed by atoms with Gasteiger partial charge in [0.15, 0.2) is 0 Å². The van der Waals surface area contributed by atoms with Gasteiger partial charge in [-0.3, -0.25) is 4.79 Å². The summed E-state index contributed by atoms with van der Waals surface area (Å²) in [5.41, 5.74) is -0.858. The van der Waals surface area contributed by atoms with Gasteiger partial charge in [-0.2, -0.15) is 0 Å². The van der Waals surface area contributed by atoms with Gasteiger partial charge in [-0.05, 0) is 85.4 Å². The molecular formula is C28H44O5. The number of ether oxygens (including phenoxy) is 2. The van der Waals surface area contributed by atoms with Crippen LogP contribution in [0.1, 0.15) is 79.6 Å². The molecule has 0 bridgehead atoms. The maximum Gasteiger partial charge on any atom is 0.147 e. The Bertz CT molecular complexity index is 827. The topological polar surface area (TPSA) is 76.0 Å². The summed E-state index contributed by atoms with van der Waals surface area (Å²) in [6, 6.07) is 0. The van der Waals surface area contributed by atoms with Gasteiger partial charge in [-0.15, -0.1) is 0 Å².